The van der Waals surface area contributed by atoms with E-state index >= 15 is 0 Å². The molecule has 0 spiro atoms. The normalized spacial score (nSPS) is 11.3. The molecule has 5 aromatic carbocycles. The van der Waals surface area contributed by atoms with Crippen LogP contribution >= 0.6 is 23.5 Å². The van der Waals surface area contributed by atoms with Crippen LogP contribution in [0.4, 0.5) is 0 Å². The van der Waals surface area contributed by atoms with Gasteiger partial charge in [0.1, 0.15) is 20.2 Å². The Labute approximate surface area is 330 Å². The average Bonchev–Trinajstić information content (AvgIpc) is 3.25. The number of pyridine rings is 4. The molecule has 266 valence electrons. The maximum atomic E-state index is 8.94. The minimum atomic E-state index is 0.109. The van der Waals surface area contributed by atoms with Crippen LogP contribution in [0.5, 0.6) is 0 Å². The van der Waals surface area contributed by atoms with Crippen LogP contribution < -0.4 is 0 Å². The Kier molecular flexibility index (Phi) is 9.18. The minimum absolute atomic E-state index is 0.109. The molecule has 0 unspecified atom stereocenters. The highest BCUT2D eigenvalue weighted by atomic mass is 32.2. The van der Waals surface area contributed by atoms with Gasteiger partial charge in [0.25, 0.3) is 0 Å². The van der Waals surface area contributed by atoms with Gasteiger partial charge < -0.3 is 0 Å². The summed E-state index contributed by atoms with van der Waals surface area (Å²) in [6, 6.07) is 51.0. The molecule has 0 saturated heterocycles. The van der Waals surface area contributed by atoms with Gasteiger partial charge in [0, 0.05) is 21.9 Å². The van der Waals surface area contributed by atoms with Gasteiger partial charge in [-0.05, 0) is 81.5 Å². The summed E-state index contributed by atoms with van der Waals surface area (Å²) >= 11 is 1.99. The van der Waals surface area contributed by atoms with Gasteiger partial charge in [-0.2, -0.15) is 0 Å². The number of thioether (sulfide) groups is 2. The molecule has 0 aliphatic carbocycles. The summed E-state index contributed by atoms with van der Waals surface area (Å²) in [7, 11) is 0. The molecule has 0 saturated carbocycles. The van der Waals surface area contributed by atoms with E-state index in [0.717, 1.165) is 78.4 Å². The van der Waals surface area contributed by atoms with Gasteiger partial charge >= 0.3 is 0 Å². The lowest BCUT2D eigenvalue weighted by Gasteiger charge is -2.11. The molecule has 4 heterocycles. The van der Waals surface area contributed by atoms with Crippen LogP contribution in [-0.4, -0.2) is 40.1 Å². The fourth-order valence-corrected chi connectivity index (χ4v) is 8.04. The SMILES string of the molecule is N=C(SC(=N)c1ccc2ccc3ccc(C(=N)SC(=N)c4cccc(-c5cccc6ccccc56)n4)nc3c2n1)c1cccc(-c2cccc3ccccc23)n1. The van der Waals surface area contributed by atoms with E-state index in [0.29, 0.717) is 33.8 Å². The maximum Gasteiger partial charge on any atom is 0.119 e. The number of aromatic nitrogens is 4. The van der Waals surface area contributed by atoms with Crippen LogP contribution in [0.25, 0.3) is 65.9 Å². The van der Waals surface area contributed by atoms with Crippen LogP contribution in [0.2, 0.25) is 0 Å². The van der Waals surface area contributed by atoms with E-state index in [1.54, 1.807) is 24.3 Å². The monoisotopic (exact) mass is 758 g/mol. The molecular weight excluding hydrogens is 729 g/mol. The number of rotatable bonds is 6. The topological polar surface area (TPSA) is 147 Å². The highest BCUT2D eigenvalue weighted by Gasteiger charge is 2.17. The van der Waals surface area contributed by atoms with E-state index in [4.69, 9.17) is 41.6 Å². The second-order valence-corrected chi connectivity index (χ2v) is 15.0. The van der Waals surface area contributed by atoms with Gasteiger partial charge in [0.05, 0.1) is 45.2 Å². The van der Waals surface area contributed by atoms with E-state index in [9.17, 15) is 0 Å². The van der Waals surface area contributed by atoms with Crippen molar-refractivity contribution in [2.45, 2.75) is 0 Å². The van der Waals surface area contributed by atoms with Crippen molar-refractivity contribution in [2.24, 2.45) is 0 Å². The minimum Gasteiger partial charge on any atom is -0.292 e. The fourth-order valence-electron chi connectivity index (χ4n) is 6.75. The maximum absolute atomic E-state index is 8.94. The smallest absolute Gasteiger partial charge is 0.119 e. The van der Waals surface area contributed by atoms with Crippen molar-refractivity contribution < 1.29 is 0 Å². The van der Waals surface area contributed by atoms with Crippen molar-refractivity contribution in [3.63, 3.8) is 0 Å². The standard InChI is InChI=1S/C46H30N8S2/c47-43(37-19-7-17-35(51-37)33-15-5-11-27-9-1-3-13-31(27)33)55-45(49)39-25-23-29-21-22-30-24-26-40(54-42(30)41(29)53-39)46(50)56-44(48)38-20-8-18-36(52-38)34-16-6-12-28-10-2-4-14-32(28)34/h1-26,47-50H. The second-order valence-electron chi connectivity index (χ2n) is 13.0. The fraction of sp³-hybridized carbons (Fsp3) is 0. The number of nitrogens with one attached hydrogen (secondary N) is 4. The first-order chi connectivity index (χ1) is 27.4. The molecule has 0 bridgehead atoms. The van der Waals surface area contributed by atoms with Gasteiger partial charge in [0.15, 0.2) is 0 Å². The molecule has 0 atom stereocenters. The van der Waals surface area contributed by atoms with Gasteiger partial charge in [-0.15, -0.1) is 0 Å². The van der Waals surface area contributed by atoms with Crippen molar-refractivity contribution in [1.82, 2.24) is 19.9 Å². The molecule has 9 rings (SSSR count). The third kappa shape index (κ3) is 6.72. The number of hydrogen-bond acceptors (Lipinski definition) is 10. The highest BCUT2D eigenvalue weighted by molar-refractivity contribution is 8.27. The van der Waals surface area contributed by atoms with Crippen LogP contribution in [-0.2, 0) is 0 Å². The van der Waals surface area contributed by atoms with Crippen LogP contribution in [0.3, 0.4) is 0 Å². The lowest BCUT2D eigenvalue weighted by Crippen LogP contribution is -2.07. The van der Waals surface area contributed by atoms with Crippen molar-refractivity contribution in [3.8, 4) is 22.5 Å². The number of benzene rings is 5. The highest BCUT2D eigenvalue weighted by Crippen LogP contribution is 2.31. The van der Waals surface area contributed by atoms with Crippen LogP contribution in [0.1, 0.15) is 22.8 Å². The van der Waals surface area contributed by atoms with Crippen LogP contribution in [0, 0.1) is 21.6 Å². The van der Waals surface area contributed by atoms with E-state index in [-0.39, 0.29) is 20.2 Å². The molecule has 0 aliphatic heterocycles. The molecule has 8 nitrogen and oxygen atoms in total. The zero-order chi connectivity index (χ0) is 38.2. The molecule has 4 N–H and O–H groups in total. The lowest BCUT2D eigenvalue weighted by atomic mass is 10.0. The molecule has 0 aliphatic rings. The summed E-state index contributed by atoms with van der Waals surface area (Å²) in [5.74, 6) is 0. The Hall–Kier alpha value is -6.88. The first kappa shape index (κ1) is 34.9. The predicted octanol–water partition coefficient (Wildman–Crippen LogP) is 11.4. The Morgan fingerprint density at radius 3 is 1.12 bits per heavy atom. The van der Waals surface area contributed by atoms with Crippen LogP contribution in [0.15, 0.2) is 158 Å². The van der Waals surface area contributed by atoms with Crippen molar-refractivity contribution in [2.75, 3.05) is 0 Å². The first-order valence-corrected chi connectivity index (χ1v) is 19.4. The summed E-state index contributed by atoms with van der Waals surface area (Å²) in [6.07, 6.45) is 0. The summed E-state index contributed by atoms with van der Waals surface area (Å²) < 4.78 is 0. The molecule has 56 heavy (non-hydrogen) atoms. The van der Waals surface area contributed by atoms with Gasteiger partial charge in [-0.3, -0.25) is 21.6 Å². The van der Waals surface area contributed by atoms with Crippen molar-refractivity contribution in [1.29, 1.82) is 21.6 Å². The zero-order valence-electron chi connectivity index (χ0n) is 29.6. The van der Waals surface area contributed by atoms with Crippen molar-refractivity contribution in [3.05, 3.63) is 181 Å². The molecule has 10 heteroatoms. The average molecular weight is 759 g/mol. The number of fused-ring (bicyclic) bond motifs is 5. The van der Waals surface area contributed by atoms with E-state index < -0.39 is 0 Å². The molecule has 0 amide bonds. The third-order valence-corrected chi connectivity index (χ3v) is 11.1. The molecule has 4 aromatic heterocycles. The Balaban J connectivity index is 0.953. The molecule has 0 radical (unpaired) electrons. The lowest BCUT2D eigenvalue weighted by molar-refractivity contribution is 1.29. The van der Waals surface area contributed by atoms with Gasteiger partial charge in [-0.1, -0.05) is 121 Å². The summed E-state index contributed by atoms with van der Waals surface area (Å²) in [5.41, 5.74) is 6.42. The van der Waals surface area contributed by atoms with Gasteiger partial charge in [-0.25, -0.2) is 19.9 Å². The Bertz CT molecular complexity index is 2870. The first-order valence-electron chi connectivity index (χ1n) is 17.7. The zero-order valence-corrected chi connectivity index (χ0v) is 31.2. The number of hydrogen-bond donors (Lipinski definition) is 4. The quantitative estimate of drug-likeness (QED) is 0.0754. The second kappa shape index (κ2) is 14.7. The molecular formula is C46H30N8S2. The summed E-state index contributed by atoms with van der Waals surface area (Å²) in [6.45, 7) is 0. The van der Waals surface area contributed by atoms with E-state index in [1.807, 2.05) is 97.1 Å². The van der Waals surface area contributed by atoms with Gasteiger partial charge in [0.2, 0.25) is 0 Å². The summed E-state index contributed by atoms with van der Waals surface area (Å²) in [4.78, 5) is 19.4. The predicted molar refractivity (Wildman–Crippen MR) is 234 cm³/mol. The van der Waals surface area contributed by atoms with E-state index in [2.05, 4.69) is 36.4 Å². The number of nitrogens with zero attached hydrogens (tertiary/aromatic N) is 4. The van der Waals surface area contributed by atoms with Crippen molar-refractivity contribution >= 4 is 87.0 Å². The Morgan fingerprint density at radius 2 is 0.679 bits per heavy atom. The molecule has 0 fully saturated rings. The summed E-state index contributed by atoms with van der Waals surface area (Å²) in [5, 5.41) is 42.2. The Morgan fingerprint density at radius 1 is 0.321 bits per heavy atom. The third-order valence-electron chi connectivity index (χ3n) is 9.49. The van der Waals surface area contributed by atoms with E-state index in [1.165, 1.54) is 0 Å². The largest absolute Gasteiger partial charge is 0.292 e. The molecule has 9 aromatic rings.